The number of amides is 1. The lowest BCUT2D eigenvalue weighted by Gasteiger charge is -2.20. The van der Waals surface area contributed by atoms with E-state index in [2.05, 4.69) is 19.2 Å². The van der Waals surface area contributed by atoms with Crippen molar-refractivity contribution in [2.45, 2.75) is 321 Å². The summed E-state index contributed by atoms with van der Waals surface area (Å²) in [7, 11) is 0. The van der Waals surface area contributed by atoms with Crippen LogP contribution in [0.25, 0.3) is 0 Å². The molecule has 62 heavy (non-hydrogen) atoms. The van der Waals surface area contributed by atoms with Gasteiger partial charge >= 0.3 is 5.97 Å². The molecule has 0 saturated heterocycles. The molecule has 368 valence electrons. The van der Waals surface area contributed by atoms with E-state index in [9.17, 15) is 19.8 Å². The number of esters is 1. The highest BCUT2D eigenvalue weighted by atomic mass is 16.5. The molecule has 0 aromatic carbocycles. The number of carbonyl (C=O) groups is 2. The predicted octanol–water partition coefficient (Wildman–Crippen LogP) is 16.9. The third-order valence-corrected chi connectivity index (χ3v) is 13.1. The molecule has 0 aromatic heterocycles. The summed E-state index contributed by atoms with van der Waals surface area (Å²) in [5.74, 6) is -0.0609. The van der Waals surface area contributed by atoms with Crippen LogP contribution >= 0.6 is 0 Å². The summed E-state index contributed by atoms with van der Waals surface area (Å²) in [6, 6.07) is -0.628. The number of rotatable bonds is 52. The number of allylic oxidation sites excluding steroid dienone is 1. The standard InChI is InChI=1S/C56H109NO5/c1-3-5-7-9-11-13-15-16-22-25-29-32-36-40-44-48-54(59)53(52-58)57-55(60)49-45-41-37-33-30-26-23-20-18-17-19-21-24-27-31-35-39-43-47-51-62-56(61)50-46-42-38-34-28-14-12-10-8-6-4-2/h44,48,53-54,58-59H,3-43,45-47,49-52H2,1-2H3,(H,57,60)/b48-44+. The largest absolute Gasteiger partial charge is 0.466 e. The van der Waals surface area contributed by atoms with Gasteiger partial charge in [0.1, 0.15) is 0 Å². The molecule has 0 heterocycles. The quantitative estimate of drug-likeness (QED) is 0.0321. The Hall–Kier alpha value is -1.40. The Morgan fingerprint density at radius 2 is 0.742 bits per heavy atom. The van der Waals surface area contributed by atoms with Gasteiger partial charge in [0.25, 0.3) is 0 Å². The summed E-state index contributed by atoms with van der Waals surface area (Å²) in [5.41, 5.74) is 0. The van der Waals surface area contributed by atoms with Crippen LogP contribution in [0.1, 0.15) is 309 Å². The first-order valence-electron chi connectivity index (χ1n) is 28.0. The zero-order valence-electron chi connectivity index (χ0n) is 41.9. The fourth-order valence-corrected chi connectivity index (χ4v) is 8.75. The highest BCUT2D eigenvalue weighted by Crippen LogP contribution is 2.17. The van der Waals surface area contributed by atoms with Crippen LogP contribution in [0.5, 0.6) is 0 Å². The van der Waals surface area contributed by atoms with Crippen molar-refractivity contribution < 1.29 is 24.5 Å². The Kier molecular flexibility index (Phi) is 51.0. The predicted molar refractivity (Wildman–Crippen MR) is 269 cm³/mol. The molecular weight excluding hydrogens is 767 g/mol. The number of unbranched alkanes of at least 4 members (excludes halogenated alkanes) is 41. The Labute approximate surface area is 387 Å². The molecule has 0 rings (SSSR count). The zero-order chi connectivity index (χ0) is 45.1. The number of ether oxygens (including phenoxy) is 1. The van der Waals surface area contributed by atoms with Crippen molar-refractivity contribution >= 4 is 11.9 Å². The van der Waals surface area contributed by atoms with Crippen molar-refractivity contribution in [1.29, 1.82) is 0 Å². The van der Waals surface area contributed by atoms with Gasteiger partial charge in [-0.1, -0.05) is 276 Å². The SMILES string of the molecule is CCCCCCCCCCCCCCC/C=C/C(O)C(CO)NC(=O)CCCCCCCCCCCCCCCCCCCCCOC(=O)CCCCCCCCCCCCC. The molecule has 6 nitrogen and oxygen atoms in total. The minimum Gasteiger partial charge on any atom is -0.466 e. The van der Waals surface area contributed by atoms with Gasteiger partial charge in [0.05, 0.1) is 25.4 Å². The lowest BCUT2D eigenvalue weighted by atomic mass is 10.0. The number of aliphatic hydroxyl groups excluding tert-OH is 2. The van der Waals surface area contributed by atoms with Gasteiger partial charge < -0.3 is 20.3 Å². The van der Waals surface area contributed by atoms with Gasteiger partial charge in [-0.3, -0.25) is 9.59 Å². The van der Waals surface area contributed by atoms with E-state index in [1.165, 1.54) is 244 Å². The molecule has 3 N–H and O–H groups in total. The second kappa shape index (κ2) is 52.2. The molecule has 0 aliphatic carbocycles. The molecule has 0 fully saturated rings. The molecule has 2 atom stereocenters. The molecule has 0 aromatic rings. The molecule has 0 radical (unpaired) electrons. The molecule has 0 aliphatic heterocycles. The van der Waals surface area contributed by atoms with E-state index in [0.29, 0.717) is 19.4 Å². The number of carbonyl (C=O) groups excluding carboxylic acids is 2. The van der Waals surface area contributed by atoms with Crippen LogP contribution in [0.15, 0.2) is 12.2 Å². The first-order valence-corrected chi connectivity index (χ1v) is 28.0. The molecule has 0 bridgehead atoms. The third kappa shape index (κ3) is 48.1. The highest BCUT2D eigenvalue weighted by Gasteiger charge is 2.18. The number of nitrogens with one attached hydrogen (secondary N) is 1. The van der Waals surface area contributed by atoms with E-state index in [-0.39, 0.29) is 18.5 Å². The maximum Gasteiger partial charge on any atom is 0.305 e. The van der Waals surface area contributed by atoms with E-state index in [1.54, 1.807) is 6.08 Å². The first-order chi connectivity index (χ1) is 30.5. The first kappa shape index (κ1) is 60.6. The van der Waals surface area contributed by atoms with Gasteiger partial charge in [-0.15, -0.1) is 0 Å². The molecular formula is C56H109NO5. The van der Waals surface area contributed by atoms with E-state index in [1.807, 2.05) is 6.08 Å². The fourth-order valence-electron chi connectivity index (χ4n) is 8.75. The van der Waals surface area contributed by atoms with E-state index in [4.69, 9.17) is 4.74 Å². The van der Waals surface area contributed by atoms with Gasteiger partial charge in [0.15, 0.2) is 0 Å². The van der Waals surface area contributed by atoms with Crippen molar-refractivity contribution in [1.82, 2.24) is 5.32 Å². The molecule has 0 aliphatic rings. The summed E-state index contributed by atoms with van der Waals surface area (Å²) in [6.07, 6.45) is 60.8. The van der Waals surface area contributed by atoms with Crippen LogP contribution in [0.3, 0.4) is 0 Å². The van der Waals surface area contributed by atoms with Crippen molar-refractivity contribution in [2.24, 2.45) is 0 Å². The van der Waals surface area contributed by atoms with Gasteiger partial charge in [-0.05, 0) is 32.1 Å². The number of hydrogen-bond acceptors (Lipinski definition) is 5. The van der Waals surface area contributed by atoms with Crippen LogP contribution in [0.2, 0.25) is 0 Å². The van der Waals surface area contributed by atoms with Gasteiger partial charge in [0.2, 0.25) is 5.91 Å². The maximum atomic E-state index is 12.4. The van der Waals surface area contributed by atoms with Gasteiger partial charge in [-0.2, -0.15) is 0 Å². The van der Waals surface area contributed by atoms with Gasteiger partial charge in [-0.25, -0.2) is 0 Å². The summed E-state index contributed by atoms with van der Waals surface area (Å²) in [6.45, 7) is 4.91. The molecule has 2 unspecified atom stereocenters. The summed E-state index contributed by atoms with van der Waals surface area (Å²) < 4.78 is 5.46. The summed E-state index contributed by atoms with van der Waals surface area (Å²) in [4.78, 5) is 24.4. The number of hydrogen-bond donors (Lipinski definition) is 3. The summed E-state index contributed by atoms with van der Waals surface area (Å²) in [5, 5.41) is 23.1. The Morgan fingerprint density at radius 3 is 1.10 bits per heavy atom. The van der Waals surface area contributed by atoms with Gasteiger partial charge in [0, 0.05) is 12.8 Å². The Morgan fingerprint density at radius 1 is 0.435 bits per heavy atom. The Bertz CT molecular complexity index is 924. The highest BCUT2D eigenvalue weighted by molar-refractivity contribution is 5.76. The normalized spacial score (nSPS) is 12.6. The monoisotopic (exact) mass is 876 g/mol. The van der Waals surface area contributed by atoms with Crippen LogP contribution in [0, 0.1) is 0 Å². The lowest BCUT2D eigenvalue weighted by molar-refractivity contribution is -0.143. The van der Waals surface area contributed by atoms with Crippen LogP contribution in [-0.2, 0) is 14.3 Å². The fraction of sp³-hybridized carbons (Fsp3) is 0.929. The van der Waals surface area contributed by atoms with Crippen LogP contribution in [0.4, 0.5) is 0 Å². The maximum absolute atomic E-state index is 12.4. The molecule has 0 saturated carbocycles. The van der Waals surface area contributed by atoms with E-state index >= 15 is 0 Å². The smallest absolute Gasteiger partial charge is 0.305 e. The van der Waals surface area contributed by atoms with E-state index in [0.717, 1.165) is 38.5 Å². The average Bonchev–Trinajstić information content (AvgIpc) is 3.27. The topological polar surface area (TPSA) is 95.9 Å². The minimum absolute atomic E-state index is 0.00826. The van der Waals surface area contributed by atoms with Crippen molar-refractivity contribution in [3.05, 3.63) is 12.2 Å². The van der Waals surface area contributed by atoms with Crippen molar-refractivity contribution in [3.8, 4) is 0 Å². The second-order valence-electron chi connectivity index (χ2n) is 19.3. The molecule has 1 amide bonds. The van der Waals surface area contributed by atoms with Crippen LogP contribution in [-0.4, -0.2) is 47.4 Å². The zero-order valence-corrected chi connectivity index (χ0v) is 41.9. The summed E-state index contributed by atoms with van der Waals surface area (Å²) >= 11 is 0. The Balaban J connectivity index is 3.43. The second-order valence-corrected chi connectivity index (χ2v) is 19.3. The minimum atomic E-state index is -0.845. The lowest BCUT2D eigenvalue weighted by Crippen LogP contribution is -2.45. The van der Waals surface area contributed by atoms with Crippen molar-refractivity contribution in [2.75, 3.05) is 13.2 Å². The molecule has 6 heteroatoms. The molecule has 0 spiro atoms. The van der Waals surface area contributed by atoms with Crippen LogP contribution < -0.4 is 5.32 Å². The average molecular weight is 876 g/mol. The van der Waals surface area contributed by atoms with E-state index < -0.39 is 12.1 Å². The third-order valence-electron chi connectivity index (χ3n) is 13.1. The van der Waals surface area contributed by atoms with Crippen molar-refractivity contribution in [3.63, 3.8) is 0 Å². The number of aliphatic hydroxyl groups is 2.